The summed E-state index contributed by atoms with van der Waals surface area (Å²) in [6, 6.07) is 7.39. The van der Waals surface area contributed by atoms with Crippen LogP contribution in [0.4, 0.5) is 0 Å². The van der Waals surface area contributed by atoms with Crippen molar-refractivity contribution in [1.82, 2.24) is 0 Å². The third-order valence-electron chi connectivity index (χ3n) is 2.32. The van der Waals surface area contributed by atoms with Gasteiger partial charge in [0.05, 0.1) is 7.11 Å². The lowest BCUT2D eigenvalue weighted by atomic mass is 9.95. The number of rotatable bonds is 4. The van der Waals surface area contributed by atoms with Gasteiger partial charge >= 0.3 is 5.97 Å². The van der Waals surface area contributed by atoms with Crippen molar-refractivity contribution < 1.29 is 14.6 Å². The maximum absolute atomic E-state index is 10.7. The van der Waals surface area contributed by atoms with E-state index in [-0.39, 0.29) is 5.92 Å². The molecule has 0 fully saturated rings. The summed E-state index contributed by atoms with van der Waals surface area (Å²) in [5.74, 6) is 0.0196. The van der Waals surface area contributed by atoms with Gasteiger partial charge in [0, 0.05) is 6.08 Å². The minimum absolute atomic E-state index is 0.171. The number of aliphatic carboxylic acids is 1. The van der Waals surface area contributed by atoms with Gasteiger partial charge in [-0.2, -0.15) is 0 Å². The number of hydrogen-bond donors (Lipinski definition) is 1. The standard InChI is InChI=1S/C13H16O3/c1-9(2)12(8-13(14)15)10-4-6-11(16-3)7-5-10/h4-9H,1-3H3,(H,14,15)/b12-8+. The predicted octanol–water partition coefficient (Wildman–Crippen LogP) is 2.82. The van der Waals surface area contributed by atoms with Crippen LogP contribution < -0.4 is 4.74 Å². The molecule has 1 aromatic rings. The molecular formula is C13H16O3. The van der Waals surface area contributed by atoms with Crippen LogP contribution in [-0.4, -0.2) is 18.2 Å². The molecule has 0 spiro atoms. The van der Waals surface area contributed by atoms with Crippen LogP contribution in [-0.2, 0) is 4.79 Å². The largest absolute Gasteiger partial charge is 0.497 e. The highest BCUT2D eigenvalue weighted by Crippen LogP contribution is 2.24. The maximum atomic E-state index is 10.7. The second-order valence-corrected chi connectivity index (χ2v) is 3.82. The summed E-state index contributed by atoms with van der Waals surface area (Å²) in [4.78, 5) is 10.7. The Morgan fingerprint density at radius 1 is 1.31 bits per heavy atom. The molecule has 1 rings (SSSR count). The average molecular weight is 220 g/mol. The zero-order valence-corrected chi connectivity index (χ0v) is 9.73. The molecule has 0 aliphatic rings. The number of carboxylic acids is 1. The molecule has 0 atom stereocenters. The summed E-state index contributed by atoms with van der Waals surface area (Å²) >= 11 is 0. The smallest absolute Gasteiger partial charge is 0.328 e. The first-order chi connectivity index (χ1) is 7.54. The van der Waals surface area contributed by atoms with Crippen molar-refractivity contribution in [3.05, 3.63) is 35.9 Å². The Hall–Kier alpha value is -1.77. The van der Waals surface area contributed by atoms with Crippen LogP contribution in [0.1, 0.15) is 19.4 Å². The van der Waals surface area contributed by atoms with E-state index in [4.69, 9.17) is 9.84 Å². The Balaban J connectivity index is 3.07. The summed E-state index contributed by atoms with van der Waals surface area (Å²) in [7, 11) is 1.60. The lowest BCUT2D eigenvalue weighted by Gasteiger charge is -2.11. The number of ether oxygens (including phenoxy) is 1. The summed E-state index contributed by atoms with van der Waals surface area (Å²) in [5.41, 5.74) is 1.73. The van der Waals surface area contributed by atoms with E-state index in [1.54, 1.807) is 7.11 Å². The molecule has 0 saturated heterocycles. The van der Waals surface area contributed by atoms with Crippen LogP contribution in [0.5, 0.6) is 5.75 Å². The van der Waals surface area contributed by atoms with E-state index < -0.39 is 5.97 Å². The molecule has 0 saturated carbocycles. The molecule has 86 valence electrons. The molecule has 0 aliphatic carbocycles. The van der Waals surface area contributed by atoms with Gasteiger partial charge in [0.1, 0.15) is 5.75 Å². The highest BCUT2D eigenvalue weighted by atomic mass is 16.5. The Morgan fingerprint density at radius 3 is 2.25 bits per heavy atom. The Kier molecular flexibility index (Phi) is 4.11. The van der Waals surface area contributed by atoms with Crippen LogP contribution in [0.25, 0.3) is 5.57 Å². The molecule has 1 N–H and O–H groups in total. The Bertz CT molecular complexity index is 388. The van der Waals surface area contributed by atoms with Crippen LogP contribution >= 0.6 is 0 Å². The Morgan fingerprint density at radius 2 is 1.88 bits per heavy atom. The van der Waals surface area contributed by atoms with Gasteiger partial charge in [-0.1, -0.05) is 26.0 Å². The van der Waals surface area contributed by atoms with Crippen molar-refractivity contribution in [2.45, 2.75) is 13.8 Å². The number of hydrogen-bond acceptors (Lipinski definition) is 2. The second-order valence-electron chi connectivity index (χ2n) is 3.82. The van der Waals surface area contributed by atoms with Gasteiger partial charge in [-0.3, -0.25) is 0 Å². The molecular weight excluding hydrogens is 204 g/mol. The average Bonchev–Trinajstić information content (AvgIpc) is 2.25. The van der Waals surface area contributed by atoms with Crippen LogP contribution in [0.15, 0.2) is 30.3 Å². The van der Waals surface area contributed by atoms with E-state index in [9.17, 15) is 4.79 Å². The summed E-state index contributed by atoms with van der Waals surface area (Å²) in [6.07, 6.45) is 1.26. The van der Waals surface area contributed by atoms with Crippen LogP contribution in [0.3, 0.4) is 0 Å². The zero-order valence-electron chi connectivity index (χ0n) is 9.73. The molecule has 0 bridgehead atoms. The van der Waals surface area contributed by atoms with E-state index in [0.29, 0.717) is 0 Å². The monoisotopic (exact) mass is 220 g/mol. The number of carboxylic acid groups (broad SMARTS) is 1. The van der Waals surface area contributed by atoms with E-state index in [0.717, 1.165) is 16.9 Å². The van der Waals surface area contributed by atoms with Gasteiger partial charge < -0.3 is 9.84 Å². The first-order valence-electron chi connectivity index (χ1n) is 5.13. The van der Waals surface area contributed by atoms with Gasteiger partial charge in [-0.05, 0) is 29.2 Å². The molecule has 0 aromatic heterocycles. The van der Waals surface area contributed by atoms with Crippen LogP contribution in [0, 0.1) is 5.92 Å². The van der Waals surface area contributed by atoms with Crippen molar-refractivity contribution in [2.75, 3.05) is 7.11 Å². The molecule has 16 heavy (non-hydrogen) atoms. The van der Waals surface area contributed by atoms with E-state index in [1.165, 1.54) is 6.08 Å². The summed E-state index contributed by atoms with van der Waals surface area (Å²) < 4.78 is 5.05. The number of methoxy groups -OCH3 is 1. The molecule has 3 nitrogen and oxygen atoms in total. The zero-order chi connectivity index (χ0) is 12.1. The van der Waals surface area contributed by atoms with Crippen molar-refractivity contribution in [1.29, 1.82) is 0 Å². The van der Waals surface area contributed by atoms with Crippen molar-refractivity contribution in [3.8, 4) is 5.75 Å². The van der Waals surface area contributed by atoms with Crippen molar-refractivity contribution >= 4 is 11.5 Å². The van der Waals surface area contributed by atoms with E-state index in [1.807, 2.05) is 38.1 Å². The predicted molar refractivity (Wildman–Crippen MR) is 63.4 cm³/mol. The normalized spacial score (nSPS) is 11.6. The van der Waals surface area contributed by atoms with Gasteiger partial charge in [0.25, 0.3) is 0 Å². The molecule has 0 radical (unpaired) electrons. The molecule has 3 heteroatoms. The van der Waals surface area contributed by atoms with Crippen molar-refractivity contribution in [2.24, 2.45) is 5.92 Å². The third-order valence-corrected chi connectivity index (χ3v) is 2.32. The fourth-order valence-corrected chi connectivity index (χ4v) is 1.50. The van der Waals surface area contributed by atoms with E-state index >= 15 is 0 Å². The number of allylic oxidation sites excluding steroid dienone is 1. The first-order valence-corrected chi connectivity index (χ1v) is 5.13. The van der Waals surface area contributed by atoms with Crippen molar-refractivity contribution in [3.63, 3.8) is 0 Å². The number of benzene rings is 1. The highest BCUT2D eigenvalue weighted by molar-refractivity contribution is 5.90. The molecule has 0 amide bonds. The third kappa shape index (κ3) is 3.12. The fourth-order valence-electron chi connectivity index (χ4n) is 1.50. The quantitative estimate of drug-likeness (QED) is 0.793. The Labute approximate surface area is 95.4 Å². The second kappa shape index (κ2) is 5.35. The topological polar surface area (TPSA) is 46.5 Å². The molecule has 1 aromatic carbocycles. The lowest BCUT2D eigenvalue weighted by molar-refractivity contribution is -0.131. The van der Waals surface area contributed by atoms with Gasteiger partial charge in [0.2, 0.25) is 0 Å². The molecule has 0 unspecified atom stereocenters. The fraction of sp³-hybridized carbons (Fsp3) is 0.308. The van der Waals surface area contributed by atoms with Crippen LogP contribution in [0.2, 0.25) is 0 Å². The number of carbonyl (C=O) groups is 1. The minimum atomic E-state index is -0.917. The van der Waals surface area contributed by atoms with Gasteiger partial charge in [0.15, 0.2) is 0 Å². The minimum Gasteiger partial charge on any atom is -0.497 e. The molecule has 0 aliphatic heterocycles. The first kappa shape index (κ1) is 12.3. The maximum Gasteiger partial charge on any atom is 0.328 e. The SMILES string of the molecule is COc1ccc(/C(=C/C(=O)O)C(C)C)cc1. The summed E-state index contributed by atoms with van der Waals surface area (Å²) in [6.45, 7) is 3.94. The highest BCUT2D eigenvalue weighted by Gasteiger charge is 2.08. The lowest BCUT2D eigenvalue weighted by Crippen LogP contribution is -1.98. The van der Waals surface area contributed by atoms with Gasteiger partial charge in [-0.25, -0.2) is 4.79 Å². The van der Waals surface area contributed by atoms with E-state index in [2.05, 4.69) is 0 Å². The van der Waals surface area contributed by atoms with Gasteiger partial charge in [-0.15, -0.1) is 0 Å². The molecule has 0 heterocycles. The summed E-state index contributed by atoms with van der Waals surface area (Å²) in [5, 5.41) is 8.79.